The van der Waals surface area contributed by atoms with Gasteiger partial charge in [0.25, 0.3) is 0 Å². The molecule has 4 heteroatoms. The zero-order chi connectivity index (χ0) is 11.1. The van der Waals surface area contributed by atoms with E-state index in [1.54, 1.807) is 18.2 Å². The Labute approximate surface area is 89.0 Å². The van der Waals surface area contributed by atoms with Crippen molar-refractivity contribution < 1.29 is 13.2 Å². The van der Waals surface area contributed by atoms with E-state index in [1.165, 1.54) is 0 Å². The second kappa shape index (κ2) is 3.17. The number of hydrogen-bond donors (Lipinski definition) is 0. The van der Waals surface area contributed by atoms with Crippen LogP contribution in [0.4, 0.5) is 0 Å². The molecule has 0 aliphatic heterocycles. The van der Waals surface area contributed by atoms with Crippen molar-refractivity contribution in [3.63, 3.8) is 0 Å². The highest BCUT2D eigenvalue weighted by Crippen LogP contribution is 2.44. The van der Waals surface area contributed by atoms with E-state index in [0.29, 0.717) is 19.1 Å². The average Bonchev–Trinajstić information content (AvgIpc) is 2.98. The fourth-order valence-electron chi connectivity index (χ4n) is 1.59. The normalized spacial score (nSPS) is 18.5. The van der Waals surface area contributed by atoms with Crippen LogP contribution in [0, 0.1) is 6.92 Å². The van der Waals surface area contributed by atoms with Gasteiger partial charge in [-0.1, -0.05) is 12.1 Å². The molecule has 1 aliphatic carbocycles. The number of sulfone groups is 1. The molecule has 0 amide bonds. The van der Waals surface area contributed by atoms with Gasteiger partial charge >= 0.3 is 0 Å². The highest BCUT2D eigenvalue weighted by molar-refractivity contribution is 7.93. The first-order chi connectivity index (χ1) is 7.02. The lowest BCUT2D eigenvalue weighted by Crippen LogP contribution is -2.24. The lowest BCUT2D eigenvalue weighted by Gasteiger charge is -2.09. The van der Waals surface area contributed by atoms with Crippen molar-refractivity contribution in [1.29, 1.82) is 0 Å². The van der Waals surface area contributed by atoms with E-state index in [1.807, 2.05) is 13.0 Å². The van der Waals surface area contributed by atoms with E-state index in [0.717, 1.165) is 5.56 Å². The SMILES string of the molecule is Cc1cccc(S(=O)(=O)C2(C=O)CC2)c1. The average molecular weight is 224 g/mol. The third-order valence-corrected chi connectivity index (χ3v) is 5.24. The zero-order valence-corrected chi connectivity index (χ0v) is 9.25. The van der Waals surface area contributed by atoms with Crippen LogP contribution in [-0.2, 0) is 14.6 Å². The quantitative estimate of drug-likeness (QED) is 0.731. The van der Waals surface area contributed by atoms with Crippen molar-refractivity contribution >= 4 is 16.1 Å². The minimum Gasteiger partial charge on any atom is -0.302 e. The summed E-state index contributed by atoms with van der Waals surface area (Å²) in [4.78, 5) is 11.1. The Bertz CT molecular complexity index is 498. The van der Waals surface area contributed by atoms with Gasteiger partial charge in [0.2, 0.25) is 0 Å². The maximum Gasteiger partial charge on any atom is 0.190 e. The van der Waals surface area contributed by atoms with Crippen LogP contribution in [0.2, 0.25) is 0 Å². The molecule has 1 aromatic carbocycles. The topological polar surface area (TPSA) is 51.2 Å². The van der Waals surface area contributed by atoms with Gasteiger partial charge in [0.05, 0.1) is 4.90 Å². The van der Waals surface area contributed by atoms with E-state index in [9.17, 15) is 13.2 Å². The minimum atomic E-state index is -3.47. The monoisotopic (exact) mass is 224 g/mol. The van der Waals surface area contributed by atoms with E-state index in [4.69, 9.17) is 0 Å². The van der Waals surface area contributed by atoms with Crippen LogP contribution in [-0.4, -0.2) is 19.5 Å². The zero-order valence-electron chi connectivity index (χ0n) is 8.43. The summed E-state index contributed by atoms with van der Waals surface area (Å²) in [5.41, 5.74) is 0.887. The summed E-state index contributed by atoms with van der Waals surface area (Å²) >= 11 is 0. The van der Waals surface area contributed by atoms with Crippen LogP contribution in [0.1, 0.15) is 18.4 Å². The summed E-state index contributed by atoms with van der Waals surface area (Å²) in [7, 11) is -3.47. The second-order valence-electron chi connectivity index (χ2n) is 4.00. The molecule has 1 aliphatic rings. The lowest BCUT2D eigenvalue weighted by molar-refractivity contribution is -0.108. The Kier molecular flexibility index (Phi) is 2.19. The molecule has 3 nitrogen and oxygen atoms in total. The molecule has 0 heterocycles. The van der Waals surface area contributed by atoms with E-state index in [-0.39, 0.29) is 4.90 Å². The Hall–Kier alpha value is -1.16. The summed E-state index contributed by atoms with van der Waals surface area (Å²) < 4.78 is 23.0. The molecule has 15 heavy (non-hydrogen) atoms. The van der Waals surface area contributed by atoms with Crippen LogP contribution >= 0.6 is 0 Å². The molecule has 0 aromatic heterocycles. The van der Waals surface area contributed by atoms with Crippen molar-refractivity contribution in [1.82, 2.24) is 0 Å². The number of aldehydes is 1. The Morgan fingerprint density at radius 1 is 1.33 bits per heavy atom. The molecule has 0 atom stereocenters. The van der Waals surface area contributed by atoms with E-state index in [2.05, 4.69) is 0 Å². The second-order valence-corrected chi connectivity index (χ2v) is 6.29. The highest BCUT2D eigenvalue weighted by atomic mass is 32.2. The van der Waals surface area contributed by atoms with Crippen LogP contribution in [0.5, 0.6) is 0 Å². The van der Waals surface area contributed by atoms with Crippen molar-refractivity contribution in [3.05, 3.63) is 29.8 Å². The number of carbonyl (C=O) groups excluding carboxylic acids is 1. The molecule has 0 saturated heterocycles. The van der Waals surface area contributed by atoms with Crippen molar-refractivity contribution in [3.8, 4) is 0 Å². The standard InChI is InChI=1S/C11H12O3S/c1-9-3-2-4-10(7-9)15(13,14)11(8-12)5-6-11/h2-4,7-8H,5-6H2,1H3. The molecule has 1 saturated carbocycles. The van der Waals surface area contributed by atoms with Crippen molar-refractivity contribution in [2.45, 2.75) is 29.4 Å². The van der Waals surface area contributed by atoms with E-state index < -0.39 is 14.6 Å². The molecule has 2 rings (SSSR count). The lowest BCUT2D eigenvalue weighted by atomic mass is 10.2. The van der Waals surface area contributed by atoms with Crippen molar-refractivity contribution in [2.24, 2.45) is 0 Å². The van der Waals surface area contributed by atoms with Gasteiger partial charge in [-0.05, 0) is 37.5 Å². The first-order valence-electron chi connectivity index (χ1n) is 4.79. The third kappa shape index (κ3) is 1.49. The molecule has 80 valence electrons. The van der Waals surface area contributed by atoms with E-state index >= 15 is 0 Å². The van der Waals surface area contributed by atoms with Gasteiger partial charge in [-0.15, -0.1) is 0 Å². The largest absolute Gasteiger partial charge is 0.302 e. The Balaban J connectivity index is 2.52. The molecule has 0 unspecified atom stereocenters. The molecule has 1 fully saturated rings. The molecule has 0 spiro atoms. The first kappa shape index (κ1) is 10.4. The van der Waals surface area contributed by atoms with Gasteiger partial charge in [0.15, 0.2) is 9.84 Å². The van der Waals surface area contributed by atoms with Gasteiger partial charge in [-0.3, -0.25) is 0 Å². The first-order valence-corrected chi connectivity index (χ1v) is 6.28. The van der Waals surface area contributed by atoms with Crippen LogP contribution in [0.3, 0.4) is 0 Å². The predicted molar refractivity (Wildman–Crippen MR) is 56.4 cm³/mol. The van der Waals surface area contributed by atoms with Crippen LogP contribution in [0.25, 0.3) is 0 Å². The summed E-state index contributed by atoms with van der Waals surface area (Å²) in [6.45, 7) is 1.83. The molecule has 0 bridgehead atoms. The molecular formula is C11H12O3S. The molecular weight excluding hydrogens is 212 g/mol. The molecule has 0 N–H and O–H groups in total. The number of benzene rings is 1. The Morgan fingerprint density at radius 3 is 2.47 bits per heavy atom. The number of hydrogen-bond acceptors (Lipinski definition) is 3. The van der Waals surface area contributed by atoms with Gasteiger partial charge in [-0.25, -0.2) is 8.42 Å². The third-order valence-electron chi connectivity index (χ3n) is 2.79. The van der Waals surface area contributed by atoms with Crippen LogP contribution < -0.4 is 0 Å². The van der Waals surface area contributed by atoms with Gasteiger partial charge in [0, 0.05) is 0 Å². The number of rotatable bonds is 3. The van der Waals surface area contributed by atoms with Crippen molar-refractivity contribution in [2.75, 3.05) is 0 Å². The highest BCUT2D eigenvalue weighted by Gasteiger charge is 2.55. The van der Waals surface area contributed by atoms with Gasteiger partial charge in [-0.2, -0.15) is 0 Å². The maximum atomic E-state index is 12.1. The molecule has 0 radical (unpaired) electrons. The summed E-state index contributed by atoms with van der Waals surface area (Å²) in [6.07, 6.45) is 1.48. The van der Waals surface area contributed by atoms with Gasteiger partial charge < -0.3 is 4.79 Å². The predicted octanol–water partition coefficient (Wildman–Crippen LogP) is 1.50. The number of aryl methyl sites for hydroxylation is 1. The summed E-state index contributed by atoms with van der Waals surface area (Å²) in [5.74, 6) is 0. The van der Waals surface area contributed by atoms with Gasteiger partial charge in [0.1, 0.15) is 11.0 Å². The fraction of sp³-hybridized carbons (Fsp3) is 0.364. The fourth-order valence-corrected chi connectivity index (χ4v) is 3.42. The molecule has 1 aromatic rings. The van der Waals surface area contributed by atoms with Crippen LogP contribution in [0.15, 0.2) is 29.2 Å². The maximum absolute atomic E-state index is 12.1. The summed E-state index contributed by atoms with van der Waals surface area (Å²) in [6, 6.07) is 6.69. The minimum absolute atomic E-state index is 0.257. The smallest absolute Gasteiger partial charge is 0.190 e. The number of carbonyl (C=O) groups is 1. The summed E-state index contributed by atoms with van der Waals surface area (Å²) in [5, 5.41) is 0. The Morgan fingerprint density at radius 2 is 2.00 bits per heavy atom.